The summed E-state index contributed by atoms with van der Waals surface area (Å²) in [5.74, 6) is -1.44. The van der Waals surface area contributed by atoms with Gasteiger partial charge in [-0.05, 0) is 29.9 Å². The lowest BCUT2D eigenvalue weighted by Crippen LogP contribution is -2.52. The first kappa shape index (κ1) is 25.6. The third-order valence-electron chi connectivity index (χ3n) is 4.92. The van der Waals surface area contributed by atoms with Gasteiger partial charge in [-0.25, -0.2) is 4.79 Å². The fourth-order valence-electron chi connectivity index (χ4n) is 3.24. The van der Waals surface area contributed by atoms with Crippen LogP contribution in [0.5, 0.6) is 0 Å². The Bertz CT molecular complexity index is 733. The summed E-state index contributed by atoms with van der Waals surface area (Å²) in [6, 6.07) is -2.06. The SMILES string of the molecule is COC(=O)[C@H](C)NC(=O)C(CC1(O)C=C(C(C)(C)C)C(=O)C(C(C)(C)C)=C1)NC=O. The molecule has 0 radical (unpaired) electrons. The number of amides is 2. The van der Waals surface area contributed by atoms with Crippen molar-refractivity contribution in [2.45, 2.75) is 72.6 Å². The molecular weight excluding hydrogens is 388 g/mol. The molecule has 0 bridgehead atoms. The monoisotopic (exact) mass is 422 g/mol. The summed E-state index contributed by atoms with van der Waals surface area (Å²) < 4.78 is 4.59. The van der Waals surface area contributed by atoms with Crippen LogP contribution in [-0.2, 0) is 23.9 Å². The zero-order valence-corrected chi connectivity index (χ0v) is 19.1. The van der Waals surface area contributed by atoms with Gasteiger partial charge in [0.1, 0.15) is 17.7 Å². The number of allylic oxidation sites excluding steroid dienone is 2. The van der Waals surface area contributed by atoms with Gasteiger partial charge in [0.25, 0.3) is 0 Å². The Morgan fingerprint density at radius 3 is 1.97 bits per heavy atom. The summed E-state index contributed by atoms with van der Waals surface area (Å²) in [6.07, 6.45) is 3.06. The molecule has 8 heteroatoms. The van der Waals surface area contributed by atoms with Crippen molar-refractivity contribution in [1.29, 1.82) is 0 Å². The number of methoxy groups -OCH3 is 1. The number of carbonyl (C=O) groups is 4. The van der Waals surface area contributed by atoms with Gasteiger partial charge in [0, 0.05) is 17.6 Å². The van der Waals surface area contributed by atoms with Crippen LogP contribution < -0.4 is 10.6 Å². The second kappa shape index (κ2) is 9.12. The van der Waals surface area contributed by atoms with Crippen LogP contribution in [0.2, 0.25) is 0 Å². The van der Waals surface area contributed by atoms with Crippen molar-refractivity contribution >= 4 is 24.1 Å². The summed E-state index contributed by atoms with van der Waals surface area (Å²) in [4.78, 5) is 48.4. The second-order valence-corrected chi connectivity index (χ2v) is 9.73. The first-order chi connectivity index (χ1) is 13.6. The Morgan fingerprint density at radius 2 is 1.60 bits per heavy atom. The Labute approximate surface area is 178 Å². The number of hydrogen-bond acceptors (Lipinski definition) is 6. The second-order valence-electron chi connectivity index (χ2n) is 9.73. The van der Waals surface area contributed by atoms with E-state index in [9.17, 15) is 24.3 Å². The molecule has 1 rings (SSSR count). The highest BCUT2D eigenvalue weighted by Gasteiger charge is 2.42. The predicted molar refractivity (Wildman–Crippen MR) is 112 cm³/mol. The number of nitrogens with one attached hydrogen (secondary N) is 2. The van der Waals surface area contributed by atoms with Crippen LogP contribution in [0.1, 0.15) is 54.9 Å². The van der Waals surface area contributed by atoms with Gasteiger partial charge in [0.15, 0.2) is 5.78 Å². The molecule has 0 fully saturated rings. The maximum Gasteiger partial charge on any atom is 0.328 e. The summed E-state index contributed by atoms with van der Waals surface area (Å²) in [5.41, 5.74) is -1.85. The number of ketones is 1. The molecule has 0 saturated heterocycles. The van der Waals surface area contributed by atoms with Crippen molar-refractivity contribution in [2.75, 3.05) is 7.11 Å². The van der Waals surface area contributed by atoms with E-state index in [1.165, 1.54) is 26.2 Å². The third-order valence-corrected chi connectivity index (χ3v) is 4.92. The van der Waals surface area contributed by atoms with Crippen LogP contribution in [0, 0.1) is 10.8 Å². The molecule has 0 spiro atoms. The number of Topliss-reactive ketones (excluding diaryl/α,β-unsaturated/α-hetero) is 1. The minimum absolute atomic E-state index is 0.150. The van der Waals surface area contributed by atoms with E-state index in [0.29, 0.717) is 17.6 Å². The molecule has 3 N–H and O–H groups in total. The number of esters is 1. The van der Waals surface area contributed by atoms with E-state index in [2.05, 4.69) is 15.4 Å². The quantitative estimate of drug-likeness (QED) is 0.421. The largest absolute Gasteiger partial charge is 0.467 e. The Morgan fingerprint density at radius 1 is 1.13 bits per heavy atom. The van der Waals surface area contributed by atoms with Crippen LogP contribution in [0.4, 0.5) is 0 Å². The van der Waals surface area contributed by atoms with Crippen molar-refractivity contribution in [2.24, 2.45) is 10.8 Å². The van der Waals surface area contributed by atoms with Crippen LogP contribution in [0.15, 0.2) is 23.3 Å². The van der Waals surface area contributed by atoms with Crippen LogP contribution in [0.3, 0.4) is 0 Å². The minimum atomic E-state index is -1.65. The number of ether oxygens (including phenoxy) is 1. The highest BCUT2D eigenvalue weighted by atomic mass is 16.5. The lowest BCUT2D eigenvalue weighted by atomic mass is 9.69. The van der Waals surface area contributed by atoms with Gasteiger partial charge in [0.2, 0.25) is 12.3 Å². The molecule has 1 aliphatic carbocycles. The van der Waals surface area contributed by atoms with Gasteiger partial charge in [-0.3, -0.25) is 14.4 Å². The highest BCUT2D eigenvalue weighted by molar-refractivity contribution is 6.11. The average molecular weight is 423 g/mol. The lowest BCUT2D eigenvalue weighted by Gasteiger charge is -2.37. The maximum absolute atomic E-state index is 13.1. The lowest BCUT2D eigenvalue weighted by molar-refractivity contribution is -0.144. The van der Waals surface area contributed by atoms with Gasteiger partial charge in [-0.2, -0.15) is 0 Å². The Hall–Kier alpha value is -2.48. The summed E-state index contributed by atoms with van der Waals surface area (Å²) in [7, 11) is 1.20. The first-order valence-corrected chi connectivity index (χ1v) is 9.87. The van der Waals surface area contributed by atoms with Crippen molar-refractivity contribution < 1.29 is 29.0 Å². The van der Waals surface area contributed by atoms with Crippen molar-refractivity contribution in [3.63, 3.8) is 0 Å². The Balaban J connectivity index is 3.34. The number of aliphatic hydroxyl groups is 1. The van der Waals surface area contributed by atoms with Crippen LogP contribution in [-0.4, -0.2) is 54.0 Å². The van der Waals surface area contributed by atoms with E-state index in [1.54, 1.807) is 0 Å². The smallest absolute Gasteiger partial charge is 0.328 e. The van der Waals surface area contributed by atoms with Gasteiger partial charge >= 0.3 is 5.97 Å². The highest BCUT2D eigenvalue weighted by Crippen LogP contribution is 2.41. The number of rotatable bonds is 7. The van der Waals surface area contributed by atoms with Crippen molar-refractivity contribution in [3.8, 4) is 0 Å². The molecule has 1 unspecified atom stereocenters. The van der Waals surface area contributed by atoms with Crippen molar-refractivity contribution in [1.82, 2.24) is 10.6 Å². The normalized spacial score (nSPS) is 18.5. The molecule has 0 aliphatic heterocycles. The first-order valence-electron chi connectivity index (χ1n) is 9.87. The molecule has 30 heavy (non-hydrogen) atoms. The standard InChI is InChI=1S/C22H34N2O6/c1-13(19(28)30-8)24-18(27)16(23-12-25)11-22(29)9-14(20(2,3)4)17(26)15(10-22)21(5,6)7/h9-10,12-13,16,29H,11H2,1-8H3,(H,23,25)(H,24,27)/t13-,16?/m0/s1. The van der Waals surface area contributed by atoms with Gasteiger partial charge in [0.05, 0.1) is 7.11 Å². The summed E-state index contributed by atoms with van der Waals surface area (Å²) in [6.45, 7) is 12.7. The Kier molecular flexibility index (Phi) is 7.77. The maximum atomic E-state index is 13.1. The predicted octanol–water partition coefficient (Wildman–Crippen LogP) is 1.43. The molecule has 0 aromatic rings. The molecule has 0 saturated carbocycles. The molecule has 1 aliphatic rings. The van der Waals surface area contributed by atoms with Crippen molar-refractivity contribution in [3.05, 3.63) is 23.3 Å². The fourth-order valence-corrected chi connectivity index (χ4v) is 3.24. The van der Waals surface area contributed by atoms with Gasteiger partial charge in [-0.1, -0.05) is 41.5 Å². The molecule has 0 aromatic carbocycles. The zero-order valence-electron chi connectivity index (χ0n) is 19.1. The molecular formula is C22H34N2O6. The minimum Gasteiger partial charge on any atom is -0.467 e. The topological polar surface area (TPSA) is 122 Å². The van der Waals surface area contributed by atoms with E-state index in [1.807, 2.05) is 41.5 Å². The molecule has 2 atom stereocenters. The zero-order chi connectivity index (χ0) is 23.5. The number of hydrogen-bond donors (Lipinski definition) is 3. The van der Waals surface area contributed by atoms with E-state index < -0.39 is 40.4 Å². The van der Waals surface area contributed by atoms with E-state index in [-0.39, 0.29) is 12.2 Å². The van der Waals surface area contributed by atoms with E-state index in [0.717, 1.165) is 0 Å². The van der Waals surface area contributed by atoms with Crippen LogP contribution in [0.25, 0.3) is 0 Å². The number of carbonyl (C=O) groups excluding carboxylic acids is 4. The van der Waals surface area contributed by atoms with Gasteiger partial charge < -0.3 is 20.5 Å². The molecule has 2 amide bonds. The van der Waals surface area contributed by atoms with E-state index >= 15 is 0 Å². The third kappa shape index (κ3) is 6.26. The summed E-state index contributed by atoms with van der Waals surface area (Å²) in [5, 5.41) is 16.2. The average Bonchev–Trinajstić information content (AvgIpc) is 2.60. The van der Waals surface area contributed by atoms with Gasteiger partial charge in [-0.15, -0.1) is 0 Å². The molecule has 0 aromatic heterocycles. The molecule has 0 heterocycles. The molecule has 8 nitrogen and oxygen atoms in total. The summed E-state index contributed by atoms with van der Waals surface area (Å²) >= 11 is 0. The van der Waals surface area contributed by atoms with E-state index in [4.69, 9.17) is 0 Å². The van der Waals surface area contributed by atoms with Crippen LogP contribution >= 0.6 is 0 Å². The fraction of sp³-hybridized carbons (Fsp3) is 0.636. The molecule has 168 valence electrons.